The van der Waals surface area contributed by atoms with Gasteiger partial charge in [0.2, 0.25) is 0 Å². The molecule has 2 aromatic carbocycles. The molecule has 2 heterocycles. The number of thiazole rings is 1. The van der Waals surface area contributed by atoms with Crippen LogP contribution in [0, 0.1) is 0 Å². The van der Waals surface area contributed by atoms with Crippen molar-refractivity contribution >= 4 is 40.7 Å². The number of halogens is 1. The number of benzene rings is 2. The van der Waals surface area contributed by atoms with Crippen LogP contribution >= 0.6 is 22.9 Å². The normalized spacial score (nSPS) is 16.0. The van der Waals surface area contributed by atoms with E-state index < -0.39 is 12.0 Å². The fraction of sp³-hybridized carbons (Fsp3) is 0.0556. The Balaban J connectivity index is 2.10. The maximum absolute atomic E-state index is 12.8. The first kappa shape index (κ1) is 15.8. The molecule has 0 aliphatic carbocycles. The third kappa shape index (κ3) is 2.69. The highest BCUT2D eigenvalue weighted by atomic mass is 35.5. The van der Waals surface area contributed by atoms with Crippen LogP contribution in [0.3, 0.4) is 0 Å². The van der Waals surface area contributed by atoms with Crippen molar-refractivity contribution in [3.63, 3.8) is 0 Å². The molecule has 0 spiro atoms. The Morgan fingerprint density at radius 1 is 1.24 bits per heavy atom. The number of carboxylic acids is 1. The highest BCUT2D eigenvalue weighted by Crippen LogP contribution is 2.35. The van der Waals surface area contributed by atoms with Gasteiger partial charge in [-0.1, -0.05) is 53.3 Å². The molecule has 1 N–H and O–H groups in total. The van der Waals surface area contributed by atoms with Crippen molar-refractivity contribution in [1.29, 1.82) is 0 Å². The molecule has 5 nitrogen and oxygen atoms in total. The highest BCUT2D eigenvalue weighted by molar-refractivity contribution is 7.07. The van der Waals surface area contributed by atoms with Crippen molar-refractivity contribution in [1.82, 2.24) is 4.57 Å². The summed E-state index contributed by atoms with van der Waals surface area (Å²) >= 11 is 7.23. The minimum Gasteiger partial charge on any atom is -0.478 e. The molecule has 1 aliphatic rings. The van der Waals surface area contributed by atoms with Gasteiger partial charge in [-0.05, 0) is 23.8 Å². The topological polar surface area (TPSA) is 71.7 Å². The number of aliphatic carboxylic acids is 1. The number of nitrogens with zero attached hydrogens (tertiary/aromatic N) is 2. The summed E-state index contributed by atoms with van der Waals surface area (Å²) in [5.41, 5.74) is 2.07. The average Bonchev–Trinajstić information content (AvgIpc) is 2.89. The lowest BCUT2D eigenvalue weighted by Crippen LogP contribution is -2.37. The summed E-state index contributed by atoms with van der Waals surface area (Å²) in [4.78, 5) is 28.8. The van der Waals surface area contributed by atoms with E-state index in [9.17, 15) is 9.59 Å². The molecule has 1 aliphatic heterocycles. The first-order valence-electron chi connectivity index (χ1n) is 7.44. The molecule has 1 aromatic heterocycles. The van der Waals surface area contributed by atoms with Gasteiger partial charge >= 0.3 is 5.97 Å². The van der Waals surface area contributed by atoms with Crippen LogP contribution in [-0.2, 0) is 4.79 Å². The van der Waals surface area contributed by atoms with Gasteiger partial charge in [0.15, 0.2) is 4.80 Å². The van der Waals surface area contributed by atoms with Crippen LogP contribution in [0.25, 0.3) is 6.08 Å². The van der Waals surface area contributed by atoms with Gasteiger partial charge in [0.25, 0.3) is 5.56 Å². The largest absolute Gasteiger partial charge is 0.478 e. The molecular formula is C18H11ClN2O3S. The molecule has 1 atom stereocenters. The van der Waals surface area contributed by atoms with Gasteiger partial charge in [0.05, 0.1) is 11.7 Å². The number of hydrogen-bond donors (Lipinski definition) is 1. The summed E-state index contributed by atoms with van der Waals surface area (Å²) in [6.45, 7) is 0. The van der Waals surface area contributed by atoms with E-state index in [-0.39, 0.29) is 10.1 Å². The molecule has 25 heavy (non-hydrogen) atoms. The standard InChI is InChI=1S/C18H11ClN2O3S/c19-11-6-7-13-12(8-11)16(10-4-2-1-3-5-10)21-17(24)14(9-15(22)23)25-18(21)20-13/h1-9,16H,(H,22,23)/b14-9-/t16-/m0/s1. The van der Waals surface area contributed by atoms with Crippen LogP contribution in [-0.4, -0.2) is 15.6 Å². The van der Waals surface area contributed by atoms with Crippen molar-refractivity contribution in [3.05, 3.63) is 84.4 Å². The minimum atomic E-state index is -1.16. The average molecular weight is 371 g/mol. The van der Waals surface area contributed by atoms with Crippen molar-refractivity contribution in [2.45, 2.75) is 6.04 Å². The summed E-state index contributed by atoms with van der Waals surface area (Å²) in [5.74, 6) is -1.16. The summed E-state index contributed by atoms with van der Waals surface area (Å²) in [7, 11) is 0. The Labute approximate surface area is 150 Å². The molecule has 0 saturated heterocycles. The van der Waals surface area contributed by atoms with Gasteiger partial charge in [0.1, 0.15) is 4.53 Å². The monoisotopic (exact) mass is 370 g/mol. The van der Waals surface area contributed by atoms with Crippen LogP contribution < -0.4 is 14.9 Å². The SMILES string of the molecule is O=C(O)/C=c1\sc2n(c1=O)[C@@H](c1ccccc1)c1cc(Cl)ccc1N=2. The molecule has 3 aromatic rings. The number of hydrogen-bond acceptors (Lipinski definition) is 4. The lowest BCUT2D eigenvalue weighted by molar-refractivity contribution is -0.129. The first-order chi connectivity index (χ1) is 12.0. The molecule has 0 fully saturated rings. The molecule has 0 bridgehead atoms. The van der Waals surface area contributed by atoms with Crippen molar-refractivity contribution in [2.24, 2.45) is 4.99 Å². The van der Waals surface area contributed by atoms with Gasteiger partial charge in [-0.25, -0.2) is 9.79 Å². The molecular weight excluding hydrogens is 360 g/mol. The van der Waals surface area contributed by atoms with E-state index >= 15 is 0 Å². The van der Waals surface area contributed by atoms with Crippen LogP contribution in [0.5, 0.6) is 0 Å². The van der Waals surface area contributed by atoms with E-state index in [1.165, 1.54) is 4.57 Å². The summed E-state index contributed by atoms with van der Waals surface area (Å²) in [5, 5.41) is 9.55. The van der Waals surface area contributed by atoms with Gasteiger partial charge in [-0.3, -0.25) is 9.36 Å². The third-order valence-corrected chi connectivity index (χ3v) is 5.18. The maximum Gasteiger partial charge on any atom is 0.329 e. The minimum absolute atomic E-state index is 0.145. The number of carbonyl (C=O) groups is 1. The lowest BCUT2D eigenvalue weighted by atomic mass is 9.96. The Morgan fingerprint density at radius 2 is 2.00 bits per heavy atom. The summed E-state index contributed by atoms with van der Waals surface area (Å²) < 4.78 is 1.68. The number of carboxylic acid groups (broad SMARTS) is 1. The zero-order chi connectivity index (χ0) is 17.6. The zero-order valence-electron chi connectivity index (χ0n) is 12.7. The predicted octanol–water partition coefficient (Wildman–Crippen LogP) is 2.33. The van der Waals surface area contributed by atoms with Crippen LogP contribution in [0.2, 0.25) is 5.02 Å². The Hall–Kier alpha value is -2.70. The number of aromatic nitrogens is 1. The summed E-state index contributed by atoms with van der Waals surface area (Å²) in [6.07, 6.45) is 0.924. The van der Waals surface area contributed by atoms with Crippen LogP contribution in [0.4, 0.5) is 5.69 Å². The smallest absolute Gasteiger partial charge is 0.329 e. The van der Waals surface area contributed by atoms with Gasteiger partial charge < -0.3 is 5.11 Å². The third-order valence-electron chi connectivity index (χ3n) is 3.97. The van der Waals surface area contributed by atoms with Gasteiger partial charge in [-0.15, -0.1) is 0 Å². The van der Waals surface area contributed by atoms with E-state index in [2.05, 4.69) is 4.99 Å². The quantitative estimate of drug-likeness (QED) is 0.588. The van der Waals surface area contributed by atoms with E-state index in [1.807, 2.05) is 36.4 Å². The Kier molecular flexibility index (Phi) is 3.78. The Morgan fingerprint density at radius 3 is 2.72 bits per heavy atom. The van der Waals surface area contributed by atoms with Crippen LogP contribution in [0.15, 0.2) is 58.3 Å². The molecule has 0 unspecified atom stereocenters. The second-order valence-electron chi connectivity index (χ2n) is 5.53. The first-order valence-corrected chi connectivity index (χ1v) is 8.63. The number of fused-ring (bicyclic) bond motifs is 2. The molecule has 4 rings (SSSR count). The molecule has 0 radical (unpaired) electrons. The van der Waals surface area contributed by atoms with Gasteiger partial charge in [0, 0.05) is 16.7 Å². The molecule has 124 valence electrons. The van der Waals surface area contributed by atoms with Crippen molar-refractivity contribution in [3.8, 4) is 0 Å². The lowest BCUT2D eigenvalue weighted by Gasteiger charge is -2.24. The highest BCUT2D eigenvalue weighted by Gasteiger charge is 2.27. The van der Waals surface area contributed by atoms with Crippen molar-refractivity contribution in [2.75, 3.05) is 0 Å². The Bertz CT molecular complexity index is 1170. The fourth-order valence-corrected chi connectivity index (χ4v) is 4.11. The summed E-state index contributed by atoms with van der Waals surface area (Å²) in [6, 6.07) is 14.5. The zero-order valence-corrected chi connectivity index (χ0v) is 14.3. The maximum atomic E-state index is 12.8. The molecule has 0 amide bonds. The van der Waals surface area contributed by atoms with Crippen LogP contribution in [0.1, 0.15) is 17.2 Å². The second kappa shape index (κ2) is 5.98. The van der Waals surface area contributed by atoms with E-state index in [4.69, 9.17) is 16.7 Å². The van der Waals surface area contributed by atoms with Crippen molar-refractivity contribution < 1.29 is 9.90 Å². The molecule has 0 saturated carbocycles. The van der Waals surface area contributed by atoms with E-state index in [0.717, 1.165) is 34.2 Å². The second-order valence-corrected chi connectivity index (χ2v) is 6.98. The predicted molar refractivity (Wildman–Crippen MR) is 96.3 cm³/mol. The number of rotatable bonds is 2. The van der Waals surface area contributed by atoms with Gasteiger partial charge in [-0.2, -0.15) is 0 Å². The van der Waals surface area contributed by atoms with E-state index in [0.29, 0.717) is 9.82 Å². The van der Waals surface area contributed by atoms with E-state index in [1.54, 1.807) is 12.1 Å². The fourth-order valence-electron chi connectivity index (χ4n) is 2.96. The molecule has 7 heteroatoms.